The molecule has 0 amide bonds. The standard InChI is InChI=1S/C10H16O2/c1-11-9-3-6-10(7-4-9)5-2-8-12-10/h3,6,9H,2,4-5,7-8H2,1H3/t9-,10-/m1/s1. The second-order valence-corrected chi connectivity index (χ2v) is 3.69. The van der Waals surface area contributed by atoms with Crippen LogP contribution in [-0.2, 0) is 9.47 Å². The molecule has 2 rings (SSSR count). The molecule has 2 aliphatic rings. The van der Waals surface area contributed by atoms with E-state index in [4.69, 9.17) is 9.47 Å². The molecular formula is C10H16O2. The Kier molecular flexibility index (Phi) is 2.20. The smallest absolute Gasteiger partial charge is 0.0865 e. The first-order valence-electron chi connectivity index (χ1n) is 4.71. The van der Waals surface area contributed by atoms with Gasteiger partial charge in [-0.1, -0.05) is 12.2 Å². The van der Waals surface area contributed by atoms with Gasteiger partial charge in [0.1, 0.15) is 0 Å². The van der Waals surface area contributed by atoms with Crippen molar-refractivity contribution in [2.45, 2.75) is 37.4 Å². The number of methoxy groups -OCH3 is 1. The van der Waals surface area contributed by atoms with Gasteiger partial charge in [-0.15, -0.1) is 0 Å². The fraction of sp³-hybridized carbons (Fsp3) is 0.800. The molecule has 0 aromatic carbocycles. The summed E-state index contributed by atoms with van der Waals surface area (Å²) in [5.41, 5.74) is 0.0923. The highest BCUT2D eigenvalue weighted by molar-refractivity contribution is 5.11. The van der Waals surface area contributed by atoms with E-state index in [1.54, 1.807) is 7.11 Å². The Hall–Kier alpha value is -0.340. The average molecular weight is 168 g/mol. The van der Waals surface area contributed by atoms with Gasteiger partial charge in [0.15, 0.2) is 0 Å². The maximum atomic E-state index is 5.73. The molecular weight excluding hydrogens is 152 g/mol. The Balaban J connectivity index is 2.03. The van der Waals surface area contributed by atoms with Crippen LogP contribution in [0, 0.1) is 0 Å². The first kappa shape index (κ1) is 8.27. The summed E-state index contributed by atoms with van der Waals surface area (Å²) < 4.78 is 11.0. The van der Waals surface area contributed by atoms with E-state index in [1.807, 2.05) is 0 Å². The average Bonchev–Trinajstić information content (AvgIpc) is 2.55. The van der Waals surface area contributed by atoms with Crippen molar-refractivity contribution in [1.29, 1.82) is 0 Å². The van der Waals surface area contributed by atoms with Crippen LogP contribution in [0.1, 0.15) is 25.7 Å². The lowest BCUT2D eigenvalue weighted by Crippen LogP contribution is -2.30. The predicted molar refractivity (Wildman–Crippen MR) is 47.1 cm³/mol. The zero-order valence-corrected chi connectivity index (χ0v) is 7.58. The van der Waals surface area contributed by atoms with Crippen molar-refractivity contribution in [3.05, 3.63) is 12.2 Å². The van der Waals surface area contributed by atoms with Crippen molar-refractivity contribution in [1.82, 2.24) is 0 Å². The first-order valence-corrected chi connectivity index (χ1v) is 4.71. The second-order valence-electron chi connectivity index (χ2n) is 3.69. The van der Waals surface area contributed by atoms with Crippen LogP contribution in [0.2, 0.25) is 0 Å². The molecule has 1 aliphatic heterocycles. The van der Waals surface area contributed by atoms with E-state index in [0.717, 1.165) is 19.4 Å². The molecule has 1 aliphatic carbocycles. The molecule has 0 bridgehead atoms. The Morgan fingerprint density at radius 1 is 1.50 bits per heavy atom. The molecule has 0 saturated carbocycles. The van der Waals surface area contributed by atoms with Crippen molar-refractivity contribution in [3.63, 3.8) is 0 Å². The maximum Gasteiger partial charge on any atom is 0.0865 e. The van der Waals surface area contributed by atoms with Crippen LogP contribution in [0.15, 0.2) is 12.2 Å². The normalized spacial score (nSPS) is 40.9. The van der Waals surface area contributed by atoms with Crippen LogP contribution in [-0.4, -0.2) is 25.4 Å². The lowest BCUT2D eigenvalue weighted by molar-refractivity contribution is 0.0131. The Morgan fingerprint density at radius 2 is 2.42 bits per heavy atom. The fourth-order valence-corrected chi connectivity index (χ4v) is 2.09. The zero-order valence-electron chi connectivity index (χ0n) is 7.58. The third kappa shape index (κ3) is 1.41. The molecule has 1 heterocycles. The molecule has 2 nitrogen and oxygen atoms in total. The van der Waals surface area contributed by atoms with Crippen molar-refractivity contribution in [2.24, 2.45) is 0 Å². The minimum absolute atomic E-state index is 0.0923. The van der Waals surface area contributed by atoms with Gasteiger partial charge in [-0.2, -0.15) is 0 Å². The van der Waals surface area contributed by atoms with Gasteiger partial charge in [0, 0.05) is 13.7 Å². The Bertz CT molecular complexity index is 180. The van der Waals surface area contributed by atoms with Gasteiger partial charge < -0.3 is 9.47 Å². The molecule has 2 heteroatoms. The summed E-state index contributed by atoms with van der Waals surface area (Å²) in [5, 5.41) is 0. The number of ether oxygens (including phenoxy) is 2. The molecule has 1 spiro atoms. The summed E-state index contributed by atoms with van der Waals surface area (Å²) in [4.78, 5) is 0. The van der Waals surface area contributed by atoms with Crippen molar-refractivity contribution >= 4 is 0 Å². The summed E-state index contributed by atoms with van der Waals surface area (Å²) in [7, 11) is 1.77. The molecule has 12 heavy (non-hydrogen) atoms. The molecule has 68 valence electrons. The van der Waals surface area contributed by atoms with E-state index in [2.05, 4.69) is 12.2 Å². The Morgan fingerprint density at radius 3 is 2.92 bits per heavy atom. The van der Waals surface area contributed by atoms with Crippen LogP contribution in [0.5, 0.6) is 0 Å². The quantitative estimate of drug-likeness (QED) is 0.557. The van der Waals surface area contributed by atoms with Crippen molar-refractivity contribution in [2.75, 3.05) is 13.7 Å². The predicted octanol–water partition coefficient (Wildman–Crippen LogP) is 1.90. The highest BCUT2D eigenvalue weighted by Gasteiger charge is 2.35. The van der Waals surface area contributed by atoms with Gasteiger partial charge >= 0.3 is 0 Å². The van der Waals surface area contributed by atoms with Crippen molar-refractivity contribution in [3.8, 4) is 0 Å². The van der Waals surface area contributed by atoms with Gasteiger partial charge in [0.25, 0.3) is 0 Å². The number of hydrogen-bond donors (Lipinski definition) is 0. The second kappa shape index (κ2) is 3.19. The van der Waals surface area contributed by atoms with Crippen LogP contribution in [0.25, 0.3) is 0 Å². The van der Waals surface area contributed by atoms with E-state index in [9.17, 15) is 0 Å². The highest BCUT2D eigenvalue weighted by Crippen LogP contribution is 2.35. The van der Waals surface area contributed by atoms with Gasteiger partial charge in [-0.05, 0) is 25.7 Å². The minimum Gasteiger partial charge on any atom is -0.377 e. The molecule has 0 radical (unpaired) electrons. The van der Waals surface area contributed by atoms with Crippen molar-refractivity contribution < 1.29 is 9.47 Å². The van der Waals surface area contributed by atoms with Crippen LogP contribution in [0.3, 0.4) is 0 Å². The van der Waals surface area contributed by atoms with E-state index < -0.39 is 0 Å². The molecule has 2 atom stereocenters. The number of rotatable bonds is 1. The van der Waals surface area contributed by atoms with E-state index in [0.29, 0.717) is 6.10 Å². The molecule has 0 N–H and O–H groups in total. The van der Waals surface area contributed by atoms with Crippen LogP contribution in [0.4, 0.5) is 0 Å². The molecule has 0 aromatic rings. The number of hydrogen-bond acceptors (Lipinski definition) is 2. The maximum absolute atomic E-state index is 5.73. The third-order valence-electron chi connectivity index (χ3n) is 2.90. The van der Waals surface area contributed by atoms with E-state index in [-0.39, 0.29) is 5.60 Å². The monoisotopic (exact) mass is 168 g/mol. The van der Waals surface area contributed by atoms with E-state index in [1.165, 1.54) is 12.8 Å². The van der Waals surface area contributed by atoms with Gasteiger partial charge in [-0.3, -0.25) is 0 Å². The molecule has 0 unspecified atom stereocenters. The summed E-state index contributed by atoms with van der Waals surface area (Å²) in [6, 6.07) is 0. The minimum atomic E-state index is 0.0923. The first-order chi connectivity index (χ1) is 5.85. The lowest BCUT2D eigenvalue weighted by atomic mass is 9.87. The van der Waals surface area contributed by atoms with Gasteiger partial charge in [0.05, 0.1) is 11.7 Å². The summed E-state index contributed by atoms with van der Waals surface area (Å²) >= 11 is 0. The van der Waals surface area contributed by atoms with E-state index >= 15 is 0 Å². The largest absolute Gasteiger partial charge is 0.377 e. The summed E-state index contributed by atoms with van der Waals surface area (Å²) in [6.45, 7) is 0.933. The summed E-state index contributed by atoms with van der Waals surface area (Å²) in [5.74, 6) is 0. The highest BCUT2D eigenvalue weighted by atomic mass is 16.5. The lowest BCUT2D eigenvalue weighted by Gasteiger charge is -2.30. The molecule has 0 aromatic heterocycles. The molecule has 1 saturated heterocycles. The summed E-state index contributed by atoms with van der Waals surface area (Å²) in [6.07, 6.45) is 9.31. The van der Waals surface area contributed by atoms with Gasteiger partial charge in [-0.25, -0.2) is 0 Å². The van der Waals surface area contributed by atoms with Crippen LogP contribution < -0.4 is 0 Å². The zero-order chi connectivity index (χ0) is 8.44. The van der Waals surface area contributed by atoms with Crippen LogP contribution >= 0.6 is 0 Å². The van der Waals surface area contributed by atoms with Gasteiger partial charge in [0.2, 0.25) is 0 Å². The fourth-order valence-electron chi connectivity index (χ4n) is 2.09. The Labute approximate surface area is 73.5 Å². The SMILES string of the molecule is CO[C@@H]1C=C[C@]2(CCCO2)CC1. The third-order valence-corrected chi connectivity index (χ3v) is 2.90. The topological polar surface area (TPSA) is 18.5 Å². The molecule has 1 fully saturated rings.